The first-order valence-corrected chi connectivity index (χ1v) is 10.2. The molecule has 0 aliphatic carbocycles. The number of aryl methyl sites for hydroxylation is 1. The average Bonchev–Trinajstić information content (AvgIpc) is 3.09. The number of amides is 1. The van der Waals surface area contributed by atoms with E-state index in [0.29, 0.717) is 17.8 Å². The van der Waals surface area contributed by atoms with Crippen LogP contribution in [-0.2, 0) is 6.54 Å². The van der Waals surface area contributed by atoms with Crippen molar-refractivity contribution in [2.45, 2.75) is 13.5 Å². The second kappa shape index (κ2) is 7.50. The SMILES string of the molecule is Cc1nc2nnc3ccc(C(=O)N4CCN(C)CC4)cc3c2n1Cc1ccccc1. The van der Waals surface area contributed by atoms with Crippen molar-refractivity contribution >= 4 is 28.0 Å². The normalized spacial score (nSPS) is 15.2. The van der Waals surface area contributed by atoms with Gasteiger partial charge < -0.3 is 14.4 Å². The molecule has 1 aliphatic rings. The fourth-order valence-electron chi connectivity index (χ4n) is 4.08. The molecular formula is C23H24N6O. The van der Waals surface area contributed by atoms with Gasteiger partial charge in [0, 0.05) is 43.7 Å². The summed E-state index contributed by atoms with van der Waals surface area (Å²) in [6.07, 6.45) is 0. The number of nitrogens with zero attached hydrogens (tertiary/aromatic N) is 6. The predicted octanol–water partition coefficient (Wildman–Crippen LogP) is 2.72. The molecule has 0 unspecified atom stereocenters. The molecule has 1 amide bonds. The number of hydrogen-bond donors (Lipinski definition) is 0. The minimum absolute atomic E-state index is 0.0702. The molecule has 3 heterocycles. The lowest BCUT2D eigenvalue weighted by atomic mass is 10.1. The first-order chi connectivity index (χ1) is 14.6. The lowest BCUT2D eigenvalue weighted by molar-refractivity contribution is 0.0664. The minimum Gasteiger partial charge on any atom is -0.336 e. The standard InChI is InChI=1S/C23H24N6O/c1-16-24-22-21(29(16)15-17-6-4-3-5-7-17)19-14-18(8-9-20(19)25-26-22)23(30)28-12-10-27(2)11-13-28/h3-9,14H,10-13,15H2,1-2H3. The number of carbonyl (C=O) groups is 1. The van der Waals surface area contributed by atoms with Crippen LogP contribution in [0.2, 0.25) is 0 Å². The highest BCUT2D eigenvalue weighted by molar-refractivity contribution is 6.05. The minimum atomic E-state index is 0.0702. The van der Waals surface area contributed by atoms with Gasteiger partial charge in [0.15, 0.2) is 0 Å². The van der Waals surface area contributed by atoms with E-state index >= 15 is 0 Å². The summed E-state index contributed by atoms with van der Waals surface area (Å²) in [7, 11) is 2.09. The van der Waals surface area contributed by atoms with E-state index in [1.165, 1.54) is 5.56 Å². The van der Waals surface area contributed by atoms with Gasteiger partial charge in [-0.2, -0.15) is 0 Å². The third kappa shape index (κ3) is 3.31. The smallest absolute Gasteiger partial charge is 0.253 e. The molecule has 0 bridgehead atoms. The number of carbonyl (C=O) groups excluding carboxylic acids is 1. The summed E-state index contributed by atoms with van der Waals surface area (Å²) >= 11 is 0. The summed E-state index contributed by atoms with van der Waals surface area (Å²) in [5.41, 5.74) is 4.18. The van der Waals surface area contributed by atoms with Crippen molar-refractivity contribution in [1.82, 2.24) is 29.5 Å². The Balaban J connectivity index is 1.60. The maximum atomic E-state index is 13.1. The first-order valence-electron chi connectivity index (χ1n) is 10.2. The third-order valence-corrected chi connectivity index (χ3v) is 5.87. The molecular weight excluding hydrogens is 376 g/mol. The number of rotatable bonds is 3. The van der Waals surface area contributed by atoms with Crippen LogP contribution in [0.3, 0.4) is 0 Å². The molecule has 2 aromatic carbocycles. The zero-order valence-electron chi connectivity index (χ0n) is 17.2. The van der Waals surface area contributed by atoms with Crippen molar-refractivity contribution in [2.24, 2.45) is 0 Å². The Morgan fingerprint density at radius 3 is 2.53 bits per heavy atom. The Hall–Kier alpha value is -3.32. The Morgan fingerprint density at radius 2 is 1.77 bits per heavy atom. The largest absolute Gasteiger partial charge is 0.336 e. The highest BCUT2D eigenvalue weighted by atomic mass is 16.2. The number of hydrogen-bond acceptors (Lipinski definition) is 5. The molecule has 4 aromatic rings. The Labute approximate surface area is 174 Å². The van der Waals surface area contributed by atoms with Crippen molar-refractivity contribution in [3.63, 3.8) is 0 Å². The molecule has 7 heteroatoms. The first kappa shape index (κ1) is 18.7. The van der Waals surface area contributed by atoms with Crippen molar-refractivity contribution in [1.29, 1.82) is 0 Å². The van der Waals surface area contributed by atoms with E-state index in [4.69, 9.17) is 0 Å². The molecule has 0 saturated carbocycles. The number of piperazine rings is 1. The van der Waals surface area contributed by atoms with Gasteiger partial charge >= 0.3 is 0 Å². The number of aromatic nitrogens is 4. The topological polar surface area (TPSA) is 67.2 Å². The monoisotopic (exact) mass is 400 g/mol. The number of imidazole rings is 1. The maximum absolute atomic E-state index is 13.1. The van der Waals surface area contributed by atoms with Crippen LogP contribution >= 0.6 is 0 Å². The fourth-order valence-corrected chi connectivity index (χ4v) is 4.08. The van der Waals surface area contributed by atoms with Gasteiger partial charge in [0.2, 0.25) is 5.65 Å². The number of likely N-dealkylation sites (N-methyl/N-ethyl adjacent to an activating group) is 1. The molecule has 0 radical (unpaired) electrons. The number of benzene rings is 2. The van der Waals surface area contributed by atoms with Crippen LogP contribution in [0.1, 0.15) is 21.7 Å². The van der Waals surface area contributed by atoms with Gasteiger partial charge in [-0.25, -0.2) is 4.98 Å². The molecule has 5 rings (SSSR count). The van der Waals surface area contributed by atoms with Crippen molar-refractivity contribution < 1.29 is 4.79 Å². The van der Waals surface area contributed by atoms with Crippen LogP contribution in [0.25, 0.3) is 22.1 Å². The third-order valence-electron chi connectivity index (χ3n) is 5.87. The van der Waals surface area contributed by atoms with Crippen molar-refractivity contribution in [3.8, 4) is 0 Å². The average molecular weight is 400 g/mol. The van der Waals surface area contributed by atoms with Crippen LogP contribution in [0.5, 0.6) is 0 Å². The van der Waals surface area contributed by atoms with Gasteiger partial charge in [0.05, 0.1) is 11.0 Å². The van der Waals surface area contributed by atoms with Gasteiger partial charge in [-0.15, -0.1) is 10.2 Å². The summed E-state index contributed by atoms with van der Waals surface area (Å²) in [6, 6.07) is 16.0. The van der Waals surface area contributed by atoms with E-state index in [9.17, 15) is 4.79 Å². The van der Waals surface area contributed by atoms with Gasteiger partial charge in [-0.05, 0) is 37.7 Å². The molecule has 1 fully saturated rings. The Bertz CT molecular complexity index is 1220. The molecule has 0 atom stereocenters. The number of fused-ring (bicyclic) bond motifs is 3. The fraction of sp³-hybridized carbons (Fsp3) is 0.304. The quantitative estimate of drug-likeness (QED) is 0.529. The summed E-state index contributed by atoms with van der Waals surface area (Å²) < 4.78 is 2.16. The van der Waals surface area contributed by atoms with E-state index in [1.807, 2.05) is 48.2 Å². The molecule has 30 heavy (non-hydrogen) atoms. The maximum Gasteiger partial charge on any atom is 0.253 e. The van der Waals surface area contributed by atoms with E-state index in [0.717, 1.165) is 48.4 Å². The van der Waals surface area contributed by atoms with Crippen LogP contribution < -0.4 is 0 Å². The van der Waals surface area contributed by atoms with E-state index in [2.05, 4.69) is 43.8 Å². The highest BCUT2D eigenvalue weighted by Gasteiger charge is 2.22. The van der Waals surface area contributed by atoms with Crippen LogP contribution in [0.15, 0.2) is 48.5 Å². The second-order valence-corrected chi connectivity index (χ2v) is 7.93. The molecule has 152 valence electrons. The predicted molar refractivity (Wildman–Crippen MR) is 117 cm³/mol. The van der Waals surface area contributed by atoms with Crippen molar-refractivity contribution in [3.05, 3.63) is 65.5 Å². The van der Waals surface area contributed by atoms with Gasteiger partial charge in [-0.1, -0.05) is 30.3 Å². The van der Waals surface area contributed by atoms with Crippen molar-refractivity contribution in [2.75, 3.05) is 33.2 Å². The second-order valence-electron chi connectivity index (χ2n) is 7.93. The summed E-state index contributed by atoms with van der Waals surface area (Å²) in [6.45, 7) is 5.98. The van der Waals surface area contributed by atoms with Gasteiger partial charge in [0.1, 0.15) is 5.82 Å². The van der Waals surface area contributed by atoms with Gasteiger partial charge in [0.25, 0.3) is 5.91 Å². The summed E-state index contributed by atoms with van der Waals surface area (Å²) in [5, 5.41) is 9.57. The molecule has 1 aliphatic heterocycles. The summed E-state index contributed by atoms with van der Waals surface area (Å²) in [4.78, 5) is 21.9. The Kier molecular flexibility index (Phi) is 4.67. The lowest BCUT2D eigenvalue weighted by Crippen LogP contribution is -2.47. The van der Waals surface area contributed by atoms with E-state index < -0.39 is 0 Å². The summed E-state index contributed by atoms with van der Waals surface area (Å²) in [5.74, 6) is 0.951. The highest BCUT2D eigenvalue weighted by Crippen LogP contribution is 2.26. The van der Waals surface area contributed by atoms with Crippen LogP contribution in [-0.4, -0.2) is 68.7 Å². The molecule has 7 nitrogen and oxygen atoms in total. The zero-order valence-corrected chi connectivity index (χ0v) is 17.2. The van der Waals surface area contributed by atoms with Crippen LogP contribution in [0, 0.1) is 6.92 Å². The molecule has 0 spiro atoms. The van der Waals surface area contributed by atoms with E-state index in [-0.39, 0.29) is 5.91 Å². The molecule has 0 N–H and O–H groups in total. The Morgan fingerprint density at radius 1 is 1.00 bits per heavy atom. The van der Waals surface area contributed by atoms with Crippen LogP contribution in [0.4, 0.5) is 0 Å². The van der Waals surface area contributed by atoms with Gasteiger partial charge in [-0.3, -0.25) is 4.79 Å². The zero-order chi connectivity index (χ0) is 20.7. The lowest BCUT2D eigenvalue weighted by Gasteiger charge is -2.32. The van der Waals surface area contributed by atoms with E-state index in [1.54, 1.807) is 0 Å². The molecule has 1 saturated heterocycles. The molecule has 2 aromatic heterocycles.